The normalized spacial score (nSPS) is 18.6. The third-order valence-electron chi connectivity index (χ3n) is 6.82. The van der Waals surface area contributed by atoms with Gasteiger partial charge < -0.3 is 9.64 Å². The Balaban J connectivity index is 1.23. The fourth-order valence-corrected chi connectivity index (χ4v) is 5.19. The summed E-state index contributed by atoms with van der Waals surface area (Å²) in [5, 5.41) is 5.09. The number of piperidine rings is 1. The van der Waals surface area contributed by atoms with Gasteiger partial charge >= 0.3 is 6.09 Å². The summed E-state index contributed by atoms with van der Waals surface area (Å²) in [5.74, 6) is -1.12. The molecule has 3 aromatic rings. The van der Waals surface area contributed by atoms with Crippen molar-refractivity contribution in [2.75, 3.05) is 5.32 Å². The fraction of sp³-hybridized carbons (Fsp3) is 0.185. The molecule has 0 spiro atoms. The second-order valence-electron chi connectivity index (χ2n) is 8.82. The summed E-state index contributed by atoms with van der Waals surface area (Å²) in [6, 6.07) is 20.0. The van der Waals surface area contributed by atoms with Crippen LogP contribution in [0, 0.1) is 0 Å². The molecule has 2 N–H and O–H groups in total. The molecule has 1 saturated heterocycles. The molecule has 8 heteroatoms. The minimum atomic E-state index is -0.723. The molecular formula is C27H21N3O5. The van der Waals surface area contributed by atoms with Crippen molar-refractivity contribution in [3.05, 3.63) is 89.0 Å². The van der Waals surface area contributed by atoms with Gasteiger partial charge in [0.1, 0.15) is 6.04 Å². The first kappa shape index (κ1) is 21.1. The lowest BCUT2D eigenvalue weighted by Gasteiger charge is -2.29. The predicted octanol–water partition coefficient (Wildman–Crippen LogP) is 3.77. The van der Waals surface area contributed by atoms with Gasteiger partial charge in [-0.25, -0.2) is 4.79 Å². The van der Waals surface area contributed by atoms with Gasteiger partial charge in [-0.2, -0.15) is 0 Å². The molecule has 1 atom stereocenters. The van der Waals surface area contributed by atoms with Gasteiger partial charge in [-0.05, 0) is 29.7 Å². The zero-order chi connectivity index (χ0) is 24.1. The van der Waals surface area contributed by atoms with E-state index in [4.69, 9.17) is 4.74 Å². The first-order valence-electron chi connectivity index (χ1n) is 11.4. The molecule has 174 valence electrons. The number of carbonyl (C=O) groups excluding carboxylic acids is 4. The Hall–Kier alpha value is -4.46. The van der Waals surface area contributed by atoms with Crippen molar-refractivity contribution in [2.24, 2.45) is 0 Å². The van der Waals surface area contributed by atoms with Crippen LogP contribution in [0.1, 0.15) is 46.0 Å². The summed E-state index contributed by atoms with van der Waals surface area (Å²) in [5.41, 5.74) is 5.40. The van der Waals surface area contributed by atoms with E-state index in [1.165, 1.54) is 4.90 Å². The summed E-state index contributed by atoms with van der Waals surface area (Å²) in [6.07, 6.45) is -0.726. The highest BCUT2D eigenvalue weighted by molar-refractivity contribution is 6.06. The molecule has 3 aromatic carbocycles. The Bertz CT molecular complexity index is 1370. The lowest BCUT2D eigenvalue weighted by molar-refractivity contribution is -0.136. The van der Waals surface area contributed by atoms with Crippen LogP contribution in [0.3, 0.4) is 0 Å². The molecule has 8 nitrogen and oxygen atoms in total. The number of anilines is 1. The number of fused-ring (bicyclic) bond motifs is 4. The Kier molecular flexibility index (Phi) is 4.88. The zero-order valence-electron chi connectivity index (χ0n) is 18.6. The molecule has 35 heavy (non-hydrogen) atoms. The van der Waals surface area contributed by atoms with E-state index < -0.39 is 24.1 Å². The Morgan fingerprint density at radius 1 is 0.886 bits per heavy atom. The van der Waals surface area contributed by atoms with Gasteiger partial charge in [0, 0.05) is 40.9 Å². The fourth-order valence-electron chi connectivity index (χ4n) is 5.19. The van der Waals surface area contributed by atoms with Crippen LogP contribution in [0.15, 0.2) is 66.7 Å². The summed E-state index contributed by atoms with van der Waals surface area (Å²) < 4.78 is 5.88. The van der Waals surface area contributed by atoms with E-state index in [9.17, 15) is 19.2 Å². The largest absolute Gasteiger partial charge is 0.436 e. The first-order chi connectivity index (χ1) is 17.0. The summed E-state index contributed by atoms with van der Waals surface area (Å²) in [4.78, 5) is 51.3. The summed E-state index contributed by atoms with van der Waals surface area (Å²) in [7, 11) is 0. The van der Waals surface area contributed by atoms with Crippen LogP contribution in [0.25, 0.3) is 11.1 Å². The number of hydrogen-bond donors (Lipinski definition) is 2. The average molecular weight is 467 g/mol. The van der Waals surface area contributed by atoms with Gasteiger partial charge in [-0.3, -0.25) is 25.0 Å². The average Bonchev–Trinajstić information content (AvgIpc) is 3.35. The van der Waals surface area contributed by atoms with E-state index in [0.717, 1.165) is 22.3 Å². The molecule has 1 fully saturated rings. The van der Waals surface area contributed by atoms with Crippen molar-refractivity contribution in [3.63, 3.8) is 0 Å². The second kappa shape index (κ2) is 8.09. The van der Waals surface area contributed by atoms with E-state index in [-0.39, 0.29) is 31.2 Å². The first-order valence-corrected chi connectivity index (χ1v) is 11.4. The molecule has 0 bridgehead atoms. The standard InChI is InChI=1S/C27H21N3O5/c31-23-13-12-22(25(32)29-23)30-14-20-19(26(30)33)10-5-11-21(20)28-27(34)35-24-17-8-3-1-6-15(17)16-7-2-4-9-18(16)24/h1-11,22,24H,12-14H2,(H,28,34)(H,29,31,32). The molecule has 0 aromatic heterocycles. The van der Waals surface area contributed by atoms with Crippen LogP contribution in [-0.2, 0) is 20.9 Å². The molecule has 4 amide bonds. The summed E-state index contributed by atoms with van der Waals surface area (Å²) in [6.45, 7) is 0.159. The van der Waals surface area contributed by atoms with Gasteiger partial charge in [0.2, 0.25) is 11.8 Å². The lowest BCUT2D eigenvalue weighted by Crippen LogP contribution is -2.52. The van der Waals surface area contributed by atoms with E-state index in [1.807, 2.05) is 48.5 Å². The maximum atomic E-state index is 13.0. The quantitative estimate of drug-likeness (QED) is 0.571. The lowest BCUT2D eigenvalue weighted by atomic mass is 10.0. The number of ether oxygens (including phenoxy) is 1. The van der Waals surface area contributed by atoms with Crippen LogP contribution in [0.5, 0.6) is 0 Å². The van der Waals surface area contributed by atoms with Crippen LogP contribution in [0.2, 0.25) is 0 Å². The van der Waals surface area contributed by atoms with Crippen LogP contribution in [0.4, 0.5) is 10.5 Å². The number of amides is 4. The molecule has 2 heterocycles. The van der Waals surface area contributed by atoms with Gasteiger partial charge in [0.25, 0.3) is 5.91 Å². The number of benzene rings is 3. The van der Waals surface area contributed by atoms with Gasteiger partial charge in [-0.1, -0.05) is 54.6 Å². The number of carbonyl (C=O) groups is 4. The minimum Gasteiger partial charge on any atom is -0.436 e. The Morgan fingerprint density at radius 3 is 2.23 bits per heavy atom. The second-order valence-corrected chi connectivity index (χ2v) is 8.82. The van der Waals surface area contributed by atoms with Gasteiger partial charge in [0.05, 0.1) is 0 Å². The molecule has 2 aliphatic heterocycles. The Morgan fingerprint density at radius 2 is 1.54 bits per heavy atom. The van der Waals surface area contributed by atoms with Gasteiger partial charge in [-0.15, -0.1) is 0 Å². The number of imide groups is 1. The predicted molar refractivity (Wildman–Crippen MR) is 126 cm³/mol. The number of hydrogen-bond acceptors (Lipinski definition) is 5. The Labute approximate surface area is 200 Å². The van der Waals surface area contributed by atoms with Crippen molar-refractivity contribution in [1.29, 1.82) is 0 Å². The maximum absolute atomic E-state index is 13.0. The molecule has 6 rings (SSSR count). The zero-order valence-corrected chi connectivity index (χ0v) is 18.6. The molecule has 1 aliphatic carbocycles. The van der Waals surface area contributed by atoms with E-state index in [2.05, 4.69) is 10.6 Å². The monoisotopic (exact) mass is 467 g/mol. The highest BCUT2D eigenvalue weighted by atomic mass is 16.6. The highest BCUT2D eigenvalue weighted by Gasteiger charge is 2.40. The molecule has 0 saturated carbocycles. The minimum absolute atomic E-state index is 0.159. The van der Waals surface area contributed by atoms with E-state index >= 15 is 0 Å². The topological polar surface area (TPSA) is 105 Å². The molecule has 0 radical (unpaired) electrons. The third-order valence-corrected chi connectivity index (χ3v) is 6.82. The van der Waals surface area contributed by atoms with Crippen molar-refractivity contribution >= 4 is 29.5 Å². The summed E-state index contributed by atoms with van der Waals surface area (Å²) >= 11 is 0. The molecule has 1 unspecified atom stereocenters. The maximum Gasteiger partial charge on any atom is 0.412 e. The third kappa shape index (κ3) is 3.45. The van der Waals surface area contributed by atoms with Crippen molar-refractivity contribution in [1.82, 2.24) is 10.2 Å². The van der Waals surface area contributed by atoms with Crippen molar-refractivity contribution in [3.8, 4) is 11.1 Å². The number of nitrogens with one attached hydrogen (secondary N) is 2. The smallest absolute Gasteiger partial charge is 0.412 e. The molecular weight excluding hydrogens is 446 g/mol. The van der Waals surface area contributed by atoms with Crippen molar-refractivity contribution in [2.45, 2.75) is 31.5 Å². The SMILES string of the molecule is O=C1CCC(N2Cc3c(NC(=O)OC4c5ccccc5-c5ccccc54)cccc3C2=O)C(=O)N1. The van der Waals surface area contributed by atoms with E-state index in [0.29, 0.717) is 16.8 Å². The number of rotatable bonds is 3. The van der Waals surface area contributed by atoms with Crippen LogP contribution < -0.4 is 10.6 Å². The van der Waals surface area contributed by atoms with E-state index in [1.54, 1.807) is 18.2 Å². The number of nitrogens with zero attached hydrogens (tertiary/aromatic N) is 1. The van der Waals surface area contributed by atoms with Crippen LogP contribution >= 0.6 is 0 Å². The van der Waals surface area contributed by atoms with Gasteiger partial charge in [0.15, 0.2) is 6.10 Å². The van der Waals surface area contributed by atoms with Crippen LogP contribution in [-0.4, -0.2) is 34.8 Å². The van der Waals surface area contributed by atoms with Crippen molar-refractivity contribution < 1.29 is 23.9 Å². The molecule has 3 aliphatic rings. The highest BCUT2D eigenvalue weighted by Crippen LogP contribution is 2.45.